The van der Waals surface area contributed by atoms with Crippen LogP contribution in [0, 0.1) is 5.92 Å². The predicted molar refractivity (Wildman–Crippen MR) is 64.1 cm³/mol. The van der Waals surface area contributed by atoms with Crippen molar-refractivity contribution in [3.63, 3.8) is 0 Å². The second-order valence-corrected chi connectivity index (χ2v) is 4.58. The zero-order valence-electron chi connectivity index (χ0n) is 10.4. The molecule has 0 aromatic heterocycles. The van der Waals surface area contributed by atoms with Crippen LogP contribution < -0.4 is 5.73 Å². The third kappa shape index (κ3) is 4.10. The fourth-order valence-corrected chi connectivity index (χ4v) is 2.02. The van der Waals surface area contributed by atoms with E-state index < -0.39 is 0 Å². The number of rotatable bonds is 5. The van der Waals surface area contributed by atoms with Crippen molar-refractivity contribution < 1.29 is 9.53 Å². The third-order valence-corrected chi connectivity index (χ3v) is 3.12. The molecule has 0 bridgehead atoms. The van der Waals surface area contributed by atoms with Crippen molar-refractivity contribution in [2.45, 2.75) is 39.2 Å². The van der Waals surface area contributed by atoms with E-state index in [0.29, 0.717) is 19.1 Å². The standard InChI is InChI=1S/C12H24N2O2/c1-3-16-11-4-6-14(7-5-11)12(15)8-10(2)9-13/h10-11H,3-9,13H2,1-2H3. The monoisotopic (exact) mass is 228 g/mol. The Morgan fingerprint density at radius 1 is 1.50 bits per heavy atom. The van der Waals surface area contributed by atoms with Crippen LogP contribution in [0.3, 0.4) is 0 Å². The van der Waals surface area contributed by atoms with E-state index in [1.165, 1.54) is 0 Å². The third-order valence-electron chi connectivity index (χ3n) is 3.12. The maximum absolute atomic E-state index is 11.9. The summed E-state index contributed by atoms with van der Waals surface area (Å²) in [5.74, 6) is 0.532. The molecule has 0 radical (unpaired) electrons. The van der Waals surface area contributed by atoms with Crippen molar-refractivity contribution in [1.82, 2.24) is 4.90 Å². The molecular formula is C12H24N2O2. The molecule has 16 heavy (non-hydrogen) atoms. The fraction of sp³-hybridized carbons (Fsp3) is 0.917. The van der Waals surface area contributed by atoms with Crippen LogP contribution in [0.4, 0.5) is 0 Å². The van der Waals surface area contributed by atoms with E-state index in [2.05, 4.69) is 0 Å². The summed E-state index contributed by atoms with van der Waals surface area (Å²) in [6.45, 7) is 7.05. The normalized spacial score (nSPS) is 19.8. The number of nitrogens with zero attached hydrogens (tertiary/aromatic N) is 1. The molecule has 1 aliphatic heterocycles. The summed E-state index contributed by atoms with van der Waals surface area (Å²) in [5, 5.41) is 0. The van der Waals surface area contributed by atoms with Crippen molar-refractivity contribution >= 4 is 5.91 Å². The van der Waals surface area contributed by atoms with Gasteiger partial charge in [0.15, 0.2) is 0 Å². The van der Waals surface area contributed by atoms with Gasteiger partial charge < -0.3 is 15.4 Å². The fourth-order valence-electron chi connectivity index (χ4n) is 2.02. The number of piperidine rings is 1. The van der Waals surface area contributed by atoms with E-state index in [-0.39, 0.29) is 11.8 Å². The number of nitrogens with two attached hydrogens (primary N) is 1. The Labute approximate surface area is 98.1 Å². The number of carbonyl (C=O) groups excluding carboxylic acids is 1. The number of likely N-dealkylation sites (tertiary alicyclic amines) is 1. The summed E-state index contributed by atoms with van der Waals surface area (Å²) in [5.41, 5.74) is 5.52. The number of hydrogen-bond donors (Lipinski definition) is 1. The molecule has 1 amide bonds. The SMILES string of the molecule is CCOC1CCN(C(=O)CC(C)CN)CC1. The lowest BCUT2D eigenvalue weighted by Crippen LogP contribution is -2.41. The molecule has 0 aliphatic carbocycles. The zero-order chi connectivity index (χ0) is 12.0. The van der Waals surface area contributed by atoms with E-state index in [1.807, 2.05) is 18.7 Å². The number of carbonyl (C=O) groups is 1. The molecule has 1 heterocycles. The van der Waals surface area contributed by atoms with Crippen LogP contribution in [0.15, 0.2) is 0 Å². The highest BCUT2D eigenvalue weighted by molar-refractivity contribution is 5.76. The molecule has 1 atom stereocenters. The minimum atomic E-state index is 0.243. The average Bonchev–Trinajstić information content (AvgIpc) is 2.30. The highest BCUT2D eigenvalue weighted by Crippen LogP contribution is 2.15. The minimum Gasteiger partial charge on any atom is -0.378 e. The van der Waals surface area contributed by atoms with Crippen LogP contribution >= 0.6 is 0 Å². The van der Waals surface area contributed by atoms with E-state index in [9.17, 15) is 4.79 Å². The Morgan fingerprint density at radius 2 is 2.12 bits per heavy atom. The van der Waals surface area contributed by atoms with Crippen LogP contribution in [0.5, 0.6) is 0 Å². The van der Waals surface area contributed by atoms with Gasteiger partial charge in [-0.05, 0) is 32.2 Å². The van der Waals surface area contributed by atoms with Gasteiger partial charge in [0.2, 0.25) is 5.91 Å². The zero-order valence-corrected chi connectivity index (χ0v) is 10.4. The van der Waals surface area contributed by atoms with Gasteiger partial charge in [-0.2, -0.15) is 0 Å². The first-order chi connectivity index (χ1) is 7.67. The van der Waals surface area contributed by atoms with E-state index in [1.54, 1.807) is 0 Å². The maximum atomic E-state index is 11.9. The lowest BCUT2D eigenvalue weighted by Gasteiger charge is -2.32. The largest absolute Gasteiger partial charge is 0.378 e. The molecule has 2 N–H and O–H groups in total. The van der Waals surface area contributed by atoms with E-state index in [4.69, 9.17) is 10.5 Å². The average molecular weight is 228 g/mol. The Hall–Kier alpha value is -0.610. The van der Waals surface area contributed by atoms with Crippen molar-refractivity contribution in [1.29, 1.82) is 0 Å². The predicted octanol–water partition coefficient (Wildman–Crippen LogP) is 0.999. The second kappa shape index (κ2) is 6.86. The molecule has 0 aromatic rings. The molecule has 4 nitrogen and oxygen atoms in total. The second-order valence-electron chi connectivity index (χ2n) is 4.58. The molecule has 1 aliphatic rings. The van der Waals surface area contributed by atoms with Gasteiger partial charge >= 0.3 is 0 Å². The Morgan fingerprint density at radius 3 is 2.62 bits per heavy atom. The lowest BCUT2D eigenvalue weighted by atomic mass is 10.0. The van der Waals surface area contributed by atoms with Crippen LogP contribution in [0.1, 0.15) is 33.1 Å². The summed E-state index contributed by atoms with van der Waals surface area (Å²) < 4.78 is 5.56. The van der Waals surface area contributed by atoms with Crippen LogP contribution in [-0.4, -0.2) is 43.2 Å². The van der Waals surface area contributed by atoms with Gasteiger partial charge in [-0.1, -0.05) is 6.92 Å². The molecule has 1 fully saturated rings. The van der Waals surface area contributed by atoms with Gasteiger partial charge in [0.1, 0.15) is 0 Å². The Balaban J connectivity index is 2.27. The highest BCUT2D eigenvalue weighted by atomic mass is 16.5. The summed E-state index contributed by atoms with van der Waals surface area (Å²) >= 11 is 0. The summed E-state index contributed by atoms with van der Waals surface area (Å²) in [4.78, 5) is 13.8. The first-order valence-corrected chi connectivity index (χ1v) is 6.26. The first-order valence-electron chi connectivity index (χ1n) is 6.26. The Kier molecular flexibility index (Phi) is 5.77. The van der Waals surface area contributed by atoms with E-state index in [0.717, 1.165) is 32.5 Å². The molecule has 0 aromatic carbocycles. The topological polar surface area (TPSA) is 55.6 Å². The lowest BCUT2D eigenvalue weighted by molar-refractivity contribution is -0.134. The molecular weight excluding hydrogens is 204 g/mol. The van der Waals surface area contributed by atoms with Crippen LogP contribution in [0.2, 0.25) is 0 Å². The molecule has 4 heteroatoms. The van der Waals surface area contributed by atoms with Crippen LogP contribution in [0.25, 0.3) is 0 Å². The van der Waals surface area contributed by atoms with Crippen molar-refractivity contribution in [3.8, 4) is 0 Å². The van der Waals surface area contributed by atoms with Gasteiger partial charge in [0.05, 0.1) is 6.10 Å². The first kappa shape index (κ1) is 13.5. The number of ether oxygens (including phenoxy) is 1. The van der Waals surface area contributed by atoms with Gasteiger partial charge in [-0.15, -0.1) is 0 Å². The molecule has 1 rings (SSSR count). The highest BCUT2D eigenvalue weighted by Gasteiger charge is 2.23. The van der Waals surface area contributed by atoms with Gasteiger partial charge in [0, 0.05) is 26.1 Å². The van der Waals surface area contributed by atoms with E-state index >= 15 is 0 Å². The smallest absolute Gasteiger partial charge is 0.222 e. The van der Waals surface area contributed by atoms with Gasteiger partial charge in [-0.25, -0.2) is 0 Å². The van der Waals surface area contributed by atoms with Gasteiger partial charge in [0.25, 0.3) is 0 Å². The molecule has 0 saturated carbocycles. The van der Waals surface area contributed by atoms with Crippen LogP contribution in [-0.2, 0) is 9.53 Å². The summed E-state index contributed by atoms with van der Waals surface area (Å²) in [6, 6.07) is 0. The van der Waals surface area contributed by atoms with Crippen molar-refractivity contribution in [3.05, 3.63) is 0 Å². The summed E-state index contributed by atoms with van der Waals surface area (Å²) in [7, 11) is 0. The Bertz CT molecular complexity index is 213. The molecule has 94 valence electrons. The summed E-state index contributed by atoms with van der Waals surface area (Å²) in [6.07, 6.45) is 2.86. The molecule has 1 unspecified atom stereocenters. The quantitative estimate of drug-likeness (QED) is 0.763. The van der Waals surface area contributed by atoms with Crippen molar-refractivity contribution in [2.75, 3.05) is 26.2 Å². The molecule has 0 spiro atoms. The van der Waals surface area contributed by atoms with Crippen molar-refractivity contribution in [2.24, 2.45) is 11.7 Å². The molecule has 1 saturated heterocycles. The number of hydrogen-bond acceptors (Lipinski definition) is 3. The van der Waals surface area contributed by atoms with Gasteiger partial charge in [-0.3, -0.25) is 4.79 Å². The minimum absolute atomic E-state index is 0.243. The maximum Gasteiger partial charge on any atom is 0.222 e. The number of amides is 1.